The number of nitrogens with zero attached hydrogens (tertiary/aromatic N) is 3. The number of aryl methyl sites for hydroxylation is 3. The number of amides is 2. The van der Waals surface area contributed by atoms with Crippen molar-refractivity contribution >= 4 is 11.8 Å². The summed E-state index contributed by atoms with van der Waals surface area (Å²) < 4.78 is 1.67. The molecular formula is C20H22N4O2. The molecule has 2 amide bonds. The average molecular weight is 350 g/mol. The first-order valence-corrected chi connectivity index (χ1v) is 8.61. The van der Waals surface area contributed by atoms with Crippen LogP contribution in [0.5, 0.6) is 0 Å². The minimum atomic E-state index is -0.822. The van der Waals surface area contributed by atoms with Crippen molar-refractivity contribution in [1.29, 1.82) is 0 Å². The Morgan fingerprint density at radius 3 is 2.69 bits per heavy atom. The summed E-state index contributed by atoms with van der Waals surface area (Å²) in [5.41, 5.74) is 7.01. The summed E-state index contributed by atoms with van der Waals surface area (Å²) in [6.45, 7) is 5.99. The number of benzene rings is 1. The van der Waals surface area contributed by atoms with Crippen LogP contribution in [0.4, 0.5) is 0 Å². The van der Waals surface area contributed by atoms with Gasteiger partial charge < -0.3 is 0 Å². The summed E-state index contributed by atoms with van der Waals surface area (Å²) >= 11 is 0. The SMILES string of the molecule is CC#Cc1cc(C)c(C2C(=O)NN(Cc3ccn(C)n3)C2=O)c(CC)c1. The molecule has 1 saturated heterocycles. The van der Waals surface area contributed by atoms with Gasteiger partial charge in [-0.1, -0.05) is 12.8 Å². The van der Waals surface area contributed by atoms with E-state index in [9.17, 15) is 9.59 Å². The molecular weight excluding hydrogens is 328 g/mol. The Balaban J connectivity index is 1.94. The van der Waals surface area contributed by atoms with E-state index < -0.39 is 5.92 Å². The molecule has 6 heteroatoms. The molecule has 0 bridgehead atoms. The predicted molar refractivity (Wildman–Crippen MR) is 97.8 cm³/mol. The summed E-state index contributed by atoms with van der Waals surface area (Å²) in [5.74, 6) is 4.58. The Morgan fingerprint density at radius 1 is 1.31 bits per heavy atom. The molecule has 1 aromatic carbocycles. The summed E-state index contributed by atoms with van der Waals surface area (Å²) in [5, 5.41) is 5.63. The molecule has 1 aromatic heterocycles. The first-order chi connectivity index (χ1) is 12.4. The maximum absolute atomic E-state index is 12.9. The van der Waals surface area contributed by atoms with Crippen LogP contribution < -0.4 is 5.43 Å². The molecule has 2 heterocycles. The number of hydrogen-bond acceptors (Lipinski definition) is 3. The maximum atomic E-state index is 12.9. The highest BCUT2D eigenvalue weighted by molar-refractivity contribution is 6.10. The summed E-state index contributed by atoms with van der Waals surface area (Å²) in [7, 11) is 1.81. The number of aromatic nitrogens is 2. The Bertz CT molecular complexity index is 933. The molecule has 26 heavy (non-hydrogen) atoms. The highest BCUT2D eigenvalue weighted by Gasteiger charge is 2.42. The maximum Gasteiger partial charge on any atom is 0.258 e. The second-order valence-corrected chi connectivity index (χ2v) is 6.41. The van der Waals surface area contributed by atoms with Crippen molar-refractivity contribution in [3.63, 3.8) is 0 Å². The van der Waals surface area contributed by atoms with E-state index in [0.717, 1.165) is 34.4 Å². The zero-order chi connectivity index (χ0) is 18.8. The van der Waals surface area contributed by atoms with E-state index in [1.54, 1.807) is 11.6 Å². The van der Waals surface area contributed by atoms with Crippen LogP contribution in [-0.4, -0.2) is 26.6 Å². The quantitative estimate of drug-likeness (QED) is 0.676. The van der Waals surface area contributed by atoms with Gasteiger partial charge in [-0.25, -0.2) is 5.01 Å². The van der Waals surface area contributed by atoms with Crippen LogP contribution in [0.2, 0.25) is 0 Å². The Hall–Kier alpha value is -3.07. The fourth-order valence-electron chi connectivity index (χ4n) is 3.40. The first kappa shape index (κ1) is 17.7. The minimum Gasteiger partial charge on any atom is -0.275 e. The van der Waals surface area contributed by atoms with E-state index in [1.165, 1.54) is 5.01 Å². The predicted octanol–water partition coefficient (Wildman–Crippen LogP) is 1.82. The summed E-state index contributed by atoms with van der Waals surface area (Å²) in [6.07, 6.45) is 2.54. The van der Waals surface area contributed by atoms with Crippen LogP contribution in [0, 0.1) is 18.8 Å². The minimum absolute atomic E-state index is 0.243. The molecule has 0 aliphatic carbocycles. The Kier molecular flexibility index (Phi) is 4.81. The zero-order valence-electron chi connectivity index (χ0n) is 15.5. The van der Waals surface area contributed by atoms with Crippen LogP contribution in [0.15, 0.2) is 24.4 Å². The largest absolute Gasteiger partial charge is 0.275 e. The number of carbonyl (C=O) groups excluding carboxylic acids is 2. The molecule has 2 aromatic rings. The highest BCUT2D eigenvalue weighted by Crippen LogP contribution is 2.31. The average Bonchev–Trinajstić information content (AvgIpc) is 3.12. The van der Waals surface area contributed by atoms with Crippen LogP contribution in [0.1, 0.15) is 47.7 Å². The van der Waals surface area contributed by atoms with Crippen LogP contribution in [-0.2, 0) is 29.6 Å². The van der Waals surface area contributed by atoms with E-state index in [4.69, 9.17) is 0 Å². The Morgan fingerprint density at radius 2 is 2.08 bits per heavy atom. The standard InChI is InChI=1S/C20H22N4O2/c1-5-7-14-10-13(3)17(15(6-2)11-14)18-19(25)22-24(20(18)26)12-16-8-9-23(4)21-16/h8-11,18H,6,12H2,1-4H3,(H,22,25). The van der Waals surface area contributed by atoms with Crippen molar-refractivity contribution in [3.05, 3.63) is 52.3 Å². The second-order valence-electron chi connectivity index (χ2n) is 6.41. The fraction of sp³-hybridized carbons (Fsp3) is 0.350. The second kappa shape index (κ2) is 7.04. The molecule has 0 spiro atoms. The molecule has 6 nitrogen and oxygen atoms in total. The van der Waals surface area contributed by atoms with Gasteiger partial charge in [-0.05, 0) is 55.2 Å². The molecule has 1 aliphatic heterocycles. The number of carbonyl (C=O) groups is 2. The van der Waals surface area contributed by atoms with Crippen molar-refractivity contribution in [2.24, 2.45) is 7.05 Å². The summed E-state index contributed by atoms with van der Waals surface area (Å²) in [4.78, 5) is 25.5. The van der Waals surface area contributed by atoms with Gasteiger partial charge in [0.05, 0.1) is 12.2 Å². The molecule has 3 rings (SSSR count). The van der Waals surface area contributed by atoms with Gasteiger partial charge in [0.2, 0.25) is 0 Å². The number of nitrogens with one attached hydrogen (secondary N) is 1. The van der Waals surface area contributed by atoms with Gasteiger partial charge in [0, 0.05) is 18.8 Å². The third-order valence-corrected chi connectivity index (χ3v) is 4.52. The molecule has 0 radical (unpaired) electrons. The van der Waals surface area contributed by atoms with Crippen molar-refractivity contribution in [1.82, 2.24) is 20.2 Å². The van der Waals surface area contributed by atoms with Gasteiger partial charge in [-0.2, -0.15) is 5.10 Å². The fourth-order valence-corrected chi connectivity index (χ4v) is 3.40. The number of hydrogen-bond donors (Lipinski definition) is 1. The van der Waals surface area contributed by atoms with Gasteiger partial charge >= 0.3 is 0 Å². The molecule has 1 atom stereocenters. The van der Waals surface area contributed by atoms with Gasteiger partial charge in [-0.3, -0.25) is 19.7 Å². The number of hydrazine groups is 1. The van der Waals surface area contributed by atoms with Gasteiger partial charge in [0.25, 0.3) is 11.8 Å². The zero-order valence-corrected chi connectivity index (χ0v) is 15.5. The van der Waals surface area contributed by atoms with Crippen molar-refractivity contribution in [2.75, 3.05) is 0 Å². The topological polar surface area (TPSA) is 67.2 Å². The van der Waals surface area contributed by atoms with Gasteiger partial charge in [0.15, 0.2) is 0 Å². The van der Waals surface area contributed by atoms with E-state index in [2.05, 4.69) is 22.4 Å². The molecule has 0 saturated carbocycles. The first-order valence-electron chi connectivity index (χ1n) is 8.61. The molecule has 1 unspecified atom stereocenters. The third kappa shape index (κ3) is 3.21. The van der Waals surface area contributed by atoms with Crippen LogP contribution >= 0.6 is 0 Å². The van der Waals surface area contributed by atoms with Crippen molar-refractivity contribution < 1.29 is 9.59 Å². The highest BCUT2D eigenvalue weighted by atomic mass is 16.2. The molecule has 1 N–H and O–H groups in total. The molecule has 1 aliphatic rings. The van der Waals surface area contributed by atoms with Crippen LogP contribution in [0.25, 0.3) is 0 Å². The monoisotopic (exact) mass is 350 g/mol. The smallest absolute Gasteiger partial charge is 0.258 e. The lowest BCUT2D eigenvalue weighted by Crippen LogP contribution is -2.35. The number of rotatable bonds is 4. The van der Waals surface area contributed by atoms with E-state index in [-0.39, 0.29) is 18.4 Å². The van der Waals surface area contributed by atoms with Crippen molar-refractivity contribution in [3.8, 4) is 11.8 Å². The molecule has 1 fully saturated rings. The Labute approximate surface area is 153 Å². The third-order valence-electron chi connectivity index (χ3n) is 4.52. The van der Waals surface area contributed by atoms with E-state index in [0.29, 0.717) is 0 Å². The normalized spacial score (nSPS) is 16.5. The lowest BCUT2D eigenvalue weighted by molar-refractivity contribution is -0.131. The lowest BCUT2D eigenvalue weighted by Gasteiger charge is -2.17. The summed E-state index contributed by atoms with van der Waals surface area (Å²) in [6, 6.07) is 5.74. The van der Waals surface area contributed by atoms with Gasteiger partial charge in [0.1, 0.15) is 5.92 Å². The van der Waals surface area contributed by atoms with Crippen molar-refractivity contribution in [2.45, 2.75) is 39.7 Å². The lowest BCUT2D eigenvalue weighted by atomic mass is 9.87. The van der Waals surface area contributed by atoms with E-state index >= 15 is 0 Å². The van der Waals surface area contributed by atoms with Gasteiger partial charge in [-0.15, -0.1) is 5.92 Å². The molecule has 134 valence electrons. The van der Waals surface area contributed by atoms with Crippen LogP contribution in [0.3, 0.4) is 0 Å². The van der Waals surface area contributed by atoms with E-state index in [1.807, 2.05) is 45.3 Å².